The van der Waals surface area contributed by atoms with Gasteiger partial charge in [0.2, 0.25) is 0 Å². The van der Waals surface area contributed by atoms with Gasteiger partial charge < -0.3 is 15.4 Å². The smallest absolute Gasteiger partial charge is 0.325 e. The molecule has 0 spiro atoms. The molecule has 6 heteroatoms. The molecule has 19 heavy (non-hydrogen) atoms. The molecule has 0 fully saturated rings. The summed E-state index contributed by atoms with van der Waals surface area (Å²) in [7, 11) is 0. The standard InChI is InChI=1S/C13H19N3O3/c1-4-19-12(17)8-16(9(2)3)13(18)11-6-5-10(14)7-15-11/h5-7,9H,4,8,14H2,1-3H3. The number of ether oxygens (including phenoxy) is 1. The third kappa shape index (κ3) is 4.24. The second-order valence-corrected chi connectivity index (χ2v) is 4.31. The number of nitrogen functional groups attached to an aromatic ring is 1. The molecule has 2 N–H and O–H groups in total. The SMILES string of the molecule is CCOC(=O)CN(C(=O)c1ccc(N)cn1)C(C)C. The lowest BCUT2D eigenvalue weighted by Gasteiger charge is -2.25. The minimum absolute atomic E-state index is 0.0869. The Morgan fingerprint density at radius 3 is 2.58 bits per heavy atom. The maximum absolute atomic E-state index is 12.3. The van der Waals surface area contributed by atoms with Crippen molar-refractivity contribution in [2.45, 2.75) is 26.8 Å². The van der Waals surface area contributed by atoms with E-state index >= 15 is 0 Å². The molecule has 0 saturated heterocycles. The van der Waals surface area contributed by atoms with Crippen molar-refractivity contribution in [3.05, 3.63) is 24.0 Å². The minimum atomic E-state index is -0.431. The Morgan fingerprint density at radius 2 is 2.11 bits per heavy atom. The fraction of sp³-hybridized carbons (Fsp3) is 0.462. The summed E-state index contributed by atoms with van der Waals surface area (Å²) in [5.74, 6) is -0.747. The number of anilines is 1. The number of rotatable bonds is 5. The molecular formula is C13H19N3O3. The summed E-state index contributed by atoms with van der Waals surface area (Å²) in [4.78, 5) is 29.1. The van der Waals surface area contributed by atoms with E-state index in [1.807, 2.05) is 13.8 Å². The molecule has 1 amide bonds. The first-order valence-electron chi connectivity index (χ1n) is 6.13. The second-order valence-electron chi connectivity index (χ2n) is 4.31. The van der Waals surface area contributed by atoms with Crippen LogP contribution in [0.2, 0.25) is 0 Å². The zero-order valence-corrected chi connectivity index (χ0v) is 11.4. The quantitative estimate of drug-likeness (QED) is 0.805. The first kappa shape index (κ1) is 14.9. The van der Waals surface area contributed by atoms with Gasteiger partial charge in [-0.1, -0.05) is 0 Å². The fourth-order valence-electron chi connectivity index (χ4n) is 1.51. The number of hydrogen-bond donors (Lipinski definition) is 1. The molecule has 0 aliphatic heterocycles. The molecule has 0 saturated carbocycles. The molecule has 0 bridgehead atoms. The van der Waals surface area contributed by atoms with E-state index in [1.54, 1.807) is 13.0 Å². The summed E-state index contributed by atoms with van der Waals surface area (Å²) in [6.07, 6.45) is 1.41. The molecule has 1 heterocycles. The van der Waals surface area contributed by atoms with Gasteiger partial charge in [0.05, 0.1) is 18.5 Å². The summed E-state index contributed by atoms with van der Waals surface area (Å²) in [6.45, 7) is 5.58. The van der Waals surface area contributed by atoms with Gasteiger partial charge >= 0.3 is 5.97 Å². The van der Waals surface area contributed by atoms with Crippen molar-refractivity contribution in [1.29, 1.82) is 0 Å². The third-order valence-corrected chi connectivity index (χ3v) is 2.49. The van der Waals surface area contributed by atoms with Crippen molar-refractivity contribution in [1.82, 2.24) is 9.88 Å². The Balaban J connectivity index is 2.84. The number of carbonyl (C=O) groups excluding carboxylic acids is 2. The highest BCUT2D eigenvalue weighted by molar-refractivity contribution is 5.94. The van der Waals surface area contributed by atoms with Crippen molar-refractivity contribution >= 4 is 17.6 Å². The average molecular weight is 265 g/mol. The maximum Gasteiger partial charge on any atom is 0.325 e. The number of hydrogen-bond acceptors (Lipinski definition) is 5. The predicted octanol–water partition coefficient (Wildman–Crippen LogP) is 1.08. The highest BCUT2D eigenvalue weighted by Crippen LogP contribution is 2.08. The van der Waals surface area contributed by atoms with Gasteiger partial charge in [0.1, 0.15) is 12.2 Å². The van der Waals surface area contributed by atoms with Crippen LogP contribution in [0, 0.1) is 0 Å². The van der Waals surface area contributed by atoms with Crippen LogP contribution in [0.1, 0.15) is 31.3 Å². The zero-order chi connectivity index (χ0) is 14.4. The maximum atomic E-state index is 12.3. The van der Waals surface area contributed by atoms with Gasteiger partial charge in [0, 0.05) is 6.04 Å². The van der Waals surface area contributed by atoms with Gasteiger partial charge in [-0.05, 0) is 32.9 Å². The minimum Gasteiger partial charge on any atom is -0.465 e. The van der Waals surface area contributed by atoms with E-state index in [0.717, 1.165) is 0 Å². The molecule has 6 nitrogen and oxygen atoms in total. The topological polar surface area (TPSA) is 85.5 Å². The number of pyridine rings is 1. The zero-order valence-electron chi connectivity index (χ0n) is 11.4. The van der Waals surface area contributed by atoms with E-state index in [1.165, 1.54) is 17.2 Å². The Hall–Kier alpha value is -2.11. The molecular weight excluding hydrogens is 246 g/mol. The first-order valence-corrected chi connectivity index (χ1v) is 6.13. The Labute approximate surface area is 112 Å². The molecule has 0 radical (unpaired) electrons. The van der Waals surface area contributed by atoms with Gasteiger partial charge in [-0.2, -0.15) is 0 Å². The molecule has 0 aliphatic rings. The molecule has 0 unspecified atom stereocenters. The van der Waals surface area contributed by atoms with E-state index in [-0.39, 0.29) is 24.2 Å². The van der Waals surface area contributed by atoms with E-state index in [0.29, 0.717) is 12.3 Å². The predicted molar refractivity (Wildman–Crippen MR) is 71.5 cm³/mol. The van der Waals surface area contributed by atoms with Crippen molar-refractivity contribution in [3.63, 3.8) is 0 Å². The normalized spacial score (nSPS) is 10.3. The van der Waals surface area contributed by atoms with Gasteiger partial charge in [0.15, 0.2) is 0 Å². The number of amides is 1. The highest BCUT2D eigenvalue weighted by Gasteiger charge is 2.22. The van der Waals surface area contributed by atoms with Crippen LogP contribution in [0.5, 0.6) is 0 Å². The van der Waals surface area contributed by atoms with Crippen molar-refractivity contribution in [2.24, 2.45) is 0 Å². The van der Waals surface area contributed by atoms with Crippen LogP contribution in [0.15, 0.2) is 18.3 Å². The van der Waals surface area contributed by atoms with Crippen LogP contribution in [0.3, 0.4) is 0 Å². The molecule has 1 rings (SSSR count). The van der Waals surface area contributed by atoms with Crippen molar-refractivity contribution < 1.29 is 14.3 Å². The lowest BCUT2D eigenvalue weighted by molar-refractivity contribution is -0.144. The number of nitrogens with two attached hydrogens (primary N) is 1. The van der Waals surface area contributed by atoms with Gasteiger partial charge in [-0.25, -0.2) is 4.98 Å². The van der Waals surface area contributed by atoms with E-state index in [2.05, 4.69) is 4.98 Å². The lowest BCUT2D eigenvalue weighted by atomic mass is 10.2. The van der Waals surface area contributed by atoms with Crippen LogP contribution < -0.4 is 5.73 Å². The summed E-state index contributed by atoms with van der Waals surface area (Å²) in [6, 6.07) is 3.01. The van der Waals surface area contributed by atoms with E-state index in [9.17, 15) is 9.59 Å². The van der Waals surface area contributed by atoms with Gasteiger partial charge in [-0.15, -0.1) is 0 Å². The van der Waals surface area contributed by atoms with E-state index in [4.69, 9.17) is 10.5 Å². The molecule has 104 valence electrons. The summed E-state index contributed by atoms with van der Waals surface area (Å²) in [5, 5.41) is 0. The van der Waals surface area contributed by atoms with Gasteiger partial charge in [-0.3, -0.25) is 9.59 Å². The van der Waals surface area contributed by atoms with Crippen molar-refractivity contribution in [3.8, 4) is 0 Å². The van der Waals surface area contributed by atoms with E-state index < -0.39 is 5.97 Å². The van der Waals surface area contributed by atoms with Crippen LogP contribution in [0.4, 0.5) is 5.69 Å². The fourth-order valence-corrected chi connectivity index (χ4v) is 1.51. The highest BCUT2D eigenvalue weighted by atomic mass is 16.5. The Bertz CT molecular complexity index is 443. The summed E-state index contributed by atoms with van der Waals surface area (Å²) >= 11 is 0. The number of aromatic nitrogens is 1. The average Bonchev–Trinajstić information content (AvgIpc) is 2.36. The summed E-state index contributed by atoms with van der Waals surface area (Å²) < 4.78 is 4.85. The first-order chi connectivity index (χ1) is 8.95. The monoisotopic (exact) mass is 265 g/mol. The van der Waals surface area contributed by atoms with Crippen LogP contribution >= 0.6 is 0 Å². The number of nitrogens with zero attached hydrogens (tertiary/aromatic N) is 2. The molecule has 0 aliphatic carbocycles. The summed E-state index contributed by atoms with van der Waals surface area (Å²) in [5.41, 5.74) is 6.26. The molecule has 0 atom stereocenters. The molecule has 1 aromatic rings. The van der Waals surface area contributed by atoms with Crippen LogP contribution in [0.25, 0.3) is 0 Å². The largest absolute Gasteiger partial charge is 0.465 e. The van der Waals surface area contributed by atoms with Crippen LogP contribution in [-0.2, 0) is 9.53 Å². The van der Waals surface area contributed by atoms with Gasteiger partial charge in [0.25, 0.3) is 5.91 Å². The lowest BCUT2D eigenvalue weighted by Crippen LogP contribution is -2.41. The Kier molecular flexibility index (Phi) is 5.29. The molecule has 0 aromatic carbocycles. The number of esters is 1. The second kappa shape index (κ2) is 6.72. The molecule has 1 aromatic heterocycles. The van der Waals surface area contributed by atoms with Crippen molar-refractivity contribution in [2.75, 3.05) is 18.9 Å². The number of carbonyl (C=O) groups is 2. The Morgan fingerprint density at radius 1 is 1.42 bits per heavy atom. The third-order valence-electron chi connectivity index (χ3n) is 2.49. The van der Waals surface area contributed by atoms with Crippen LogP contribution in [-0.4, -0.2) is 41.0 Å².